The van der Waals surface area contributed by atoms with Gasteiger partial charge in [0.25, 0.3) is 0 Å². The summed E-state index contributed by atoms with van der Waals surface area (Å²) < 4.78 is 10.9. The molecule has 0 amide bonds. The van der Waals surface area contributed by atoms with Gasteiger partial charge in [0, 0.05) is 0 Å². The van der Waals surface area contributed by atoms with E-state index in [0.717, 1.165) is 12.4 Å². The van der Waals surface area contributed by atoms with Gasteiger partial charge in [-0.2, -0.15) is 0 Å². The first-order chi connectivity index (χ1) is 12.9. The fourth-order valence-corrected chi connectivity index (χ4v) is 3.32. The summed E-state index contributed by atoms with van der Waals surface area (Å²) in [6.45, 7) is 3.66. The molecule has 1 heterocycles. The second-order valence-corrected chi connectivity index (χ2v) is 7.56. The van der Waals surface area contributed by atoms with Crippen molar-refractivity contribution in [3.63, 3.8) is 0 Å². The molecule has 0 saturated carbocycles. The first kappa shape index (κ1) is 21.0. The van der Waals surface area contributed by atoms with Gasteiger partial charge in [0.05, 0.1) is 6.61 Å². The molecule has 0 aromatic heterocycles. The Morgan fingerprint density at radius 3 is 2.27 bits per heavy atom. The van der Waals surface area contributed by atoms with E-state index < -0.39 is 0 Å². The number of hydrogen-bond acceptors (Lipinski definition) is 2. The number of aryl methyl sites for hydroxylation is 1. The first-order valence-electron chi connectivity index (χ1n) is 10.8. The number of allylic oxidation sites excluding steroid dienone is 2. The largest absolute Gasteiger partial charge is 0.491 e. The van der Waals surface area contributed by atoms with Crippen molar-refractivity contribution in [2.45, 2.75) is 90.1 Å². The summed E-state index contributed by atoms with van der Waals surface area (Å²) in [5.74, 6) is 0.990. The summed E-state index contributed by atoms with van der Waals surface area (Å²) in [5, 5.41) is 0. The van der Waals surface area contributed by atoms with Crippen LogP contribution in [0.1, 0.15) is 83.1 Å². The zero-order valence-corrected chi connectivity index (χ0v) is 16.8. The molecule has 1 unspecified atom stereocenters. The lowest BCUT2D eigenvalue weighted by Crippen LogP contribution is -2.04. The minimum Gasteiger partial charge on any atom is -0.491 e. The third kappa shape index (κ3) is 10.7. The highest BCUT2D eigenvalue weighted by Gasteiger charge is 2.22. The second-order valence-electron chi connectivity index (χ2n) is 7.56. The minimum absolute atomic E-state index is 0.330. The van der Waals surface area contributed by atoms with E-state index in [9.17, 15) is 0 Å². The van der Waals surface area contributed by atoms with Gasteiger partial charge in [0.15, 0.2) is 0 Å². The van der Waals surface area contributed by atoms with E-state index in [0.29, 0.717) is 12.7 Å². The highest BCUT2D eigenvalue weighted by Crippen LogP contribution is 2.18. The number of epoxide rings is 1. The molecular formula is C24H38O2. The van der Waals surface area contributed by atoms with Crippen molar-refractivity contribution in [3.8, 4) is 5.75 Å². The van der Waals surface area contributed by atoms with Crippen molar-refractivity contribution in [1.29, 1.82) is 0 Å². The van der Waals surface area contributed by atoms with Gasteiger partial charge in [0.2, 0.25) is 0 Å². The maximum Gasteiger partial charge on any atom is 0.119 e. The maximum absolute atomic E-state index is 5.76. The Bertz CT molecular complexity index is 491. The molecule has 2 nitrogen and oxygen atoms in total. The molecule has 1 aliphatic rings. The van der Waals surface area contributed by atoms with E-state index in [1.807, 2.05) is 6.07 Å². The maximum atomic E-state index is 5.76. The van der Waals surface area contributed by atoms with Crippen molar-refractivity contribution in [2.24, 2.45) is 0 Å². The monoisotopic (exact) mass is 358 g/mol. The molecule has 26 heavy (non-hydrogen) atoms. The average molecular weight is 359 g/mol. The quantitative estimate of drug-likeness (QED) is 0.183. The Balaban J connectivity index is 1.39. The van der Waals surface area contributed by atoms with E-state index in [4.69, 9.17) is 9.47 Å². The molecule has 1 aromatic rings. The van der Waals surface area contributed by atoms with Gasteiger partial charge in [-0.25, -0.2) is 0 Å². The zero-order valence-electron chi connectivity index (χ0n) is 16.8. The van der Waals surface area contributed by atoms with Crippen LogP contribution in [0, 0.1) is 0 Å². The van der Waals surface area contributed by atoms with Gasteiger partial charge in [0.1, 0.15) is 18.5 Å². The van der Waals surface area contributed by atoms with Crippen LogP contribution in [0.15, 0.2) is 36.4 Å². The molecular weight excluding hydrogens is 320 g/mol. The molecule has 0 spiro atoms. The number of rotatable bonds is 16. The van der Waals surface area contributed by atoms with Crippen LogP contribution in [0.25, 0.3) is 0 Å². The van der Waals surface area contributed by atoms with Crippen molar-refractivity contribution in [1.82, 2.24) is 0 Å². The third-order valence-corrected chi connectivity index (χ3v) is 5.06. The van der Waals surface area contributed by atoms with Gasteiger partial charge >= 0.3 is 0 Å². The normalized spacial score (nSPS) is 16.3. The van der Waals surface area contributed by atoms with E-state index in [-0.39, 0.29) is 0 Å². The highest BCUT2D eigenvalue weighted by molar-refractivity contribution is 5.28. The first-order valence-corrected chi connectivity index (χ1v) is 10.8. The summed E-state index contributed by atoms with van der Waals surface area (Å²) in [5.41, 5.74) is 1.40. The molecule has 1 fully saturated rings. The molecule has 0 radical (unpaired) electrons. The lowest BCUT2D eigenvalue weighted by molar-refractivity contribution is 0.263. The summed E-state index contributed by atoms with van der Waals surface area (Å²) in [4.78, 5) is 0. The molecule has 0 bridgehead atoms. The second kappa shape index (κ2) is 13.9. The van der Waals surface area contributed by atoms with Crippen LogP contribution < -0.4 is 4.74 Å². The number of benzene rings is 1. The Hall–Kier alpha value is -1.28. The summed E-state index contributed by atoms with van der Waals surface area (Å²) >= 11 is 0. The fraction of sp³-hybridized carbons (Fsp3) is 0.667. The Labute approximate surface area is 161 Å². The molecule has 1 aromatic carbocycles. The van der Waals surface area contributed by atoms with Gasteiger partial charge in [-0.05, 0) is 50.3 Å². The molecule has 1 aliphatic heterocycles. The van der Waals surface area contributed by atoms with E-state index in [1.165, 1.54) is 82.6 Å². The van der Waals surface area contributed by atoms with Gasteiger partial charge in [-0.1, -0.05) is 75.7 Å². The predicted molar refractivity (Wildman–Crippen MR) is 111 cm³/mol. The van der Waals surface area contributed by atoms with Crippen molar-refractivity contribution in [3.05, 3.63) is 42.0 Å². The molecule has 0 aliphatic carbocycles. The fourth-order valence-electron chi connectivity index (χ4n) is 3.32. The highest BCUT2D eigenvalue weighted by atomic mass is 16.6. The number of ether oxygens (including phenoxy) is 2. The van der Waals surface area contributed by atoms with E-state index in [2.05, 4.69) is 37.3 Å². The Morgan fingerprint density at radius 1 is 0.962 bits per heavy atom. The summed E-state index contributed by atoms with van der Waals surface area (Å²) in [7, 11) is 0. The van der Waals surface area contributed by atoms with Crippen LogP contribution >= 0.6 is 0 Å². The van der Waals surface area contributed by atoms with Crippen molar-refractivity contribution >= 4 is 0 Å². The topological polar surface area (TPSA) is 21.8 Å². The average Bonchev–Trinajstić information content (AvgIpc) is 3.49. The van der Waals surface area contributed by atoms with Crippen LogP contribution in [0.5, 0.6) is 5.75 Å². The number of unbranched alkanes of at least 4 members (excludes halogenated alkanes) is 10. The summed E-state index contributed by atoms with van der Waals surface area (Å²) in [6, 6.07) is 8.57. The SMILES string of the molecule is C/C=C/CCCCCCCCCCCCc1cccc(OCC2CO2)c1. The van der Waals surface area contributed by atoms with E-state index >= 15 is 0 Å². The van der Waals surface area contributed by atoms with Gasteiger partial charge in [-0.3, -0.25) is 0 Å². The lowest BCUT2D eigenvalue weighted by atomic mass is 10.0. The van der Waals surface area contributed by atoms with Crippen LogP contribution in [0.4, 0.5) is 0 Å². The smallest absolute Gasteiger partial charge is 0.119 e. The molecule has 2 heteroatoms. The van der Waals surface area contributed by atoms with Crippen molar-refractivity contribution in [2.75, 3.05) is 13.2 Å². The zero-order chi connectivity index (χ0) is 18.3. The minimum atomic E-state index is 0.330. The van der Waals surface area contributed by atoms with E-state index in [1.54, 1.807) is 0 Å². The Kier molecular flexibility index (Phi) is 11.2. The van der Waals surface area contributed by atoms with Crippen LogP contribution in [-0.4, -0.2) is 19.3 Å². The van der Waals surface area contributed by atoms with Crippen LogP contribution in [-0.2, 0) is 11.2 Å². The van der Waals surface area contributed by atoms with Gasteiger partial charge < -0.3 is 9.47 Å². The molecule has 2 rings (SSSR count). The van der Waals surface area contributed by atoms with Gasteiger partial charge in [-0.15, -0.1) is 0 Å². The summed E-state index contributed by atoms with van der Waals surface area (Å²) in [6.07, 6.45) is 21.1. The lowest BCUT2D eigenvalue weighted by Gasteiger charge is -2.07. The molecule has 0 N–H and O–H groups in total. The van der Waals surface area contributed by atoms with Crippen LogP contribution in [0.2, 0.25) is 0 Å². The van der Waals surface area contributed by atoms with Crippen molar-refractivity contribution < 1.29 is 9.47 Å². The third-order valence-electron chi connectivity index (χ3n) is 5.06. The standard InChI is InChI=1S/C24H38O2/c1-2-3-4-5-6-7-8-9-10-11-12-13-14-16-22-17-15-18-23(19-22)25-20-24-21-26-24/h2-3,15,17-19,24H,4-14,16,20-21H2,1H3/b3-2+. The molecule has 1 atom stereocenters. The van der Waals surface area contributed by atoms with Crippen LogP contribution in [0.3, 0.4) is 0 Å². The number of hydrogen-bond donors (Lipinski definition) is 0. The predicted octanol–water partition coefficient (Wildman–Crippen LogP) is 6.87. The Morgan fingerprint density at radius 2 is 1.62 bits per heavy atom. The molecule has 1 saturated heterocycles. The molecule has 146 valence electrons.